The average Bonchev–Trinajstić information content (AvgIpc) is 2.60. The lowest BCUT2D eigenvalue weighted by atomic mass is 9.84. The summed E-state index contributed by atoms with van der Waals surface area (Å²) < 4.78 is 9.92. The number of nitrogens with zero attached hydrogens (tertiary/aromatic N) is 1. The molecule has 0 N–H and O–H groups in total. The van der Waals surface area contributed by atoms with E-state index in [4.69, 9.17) is 9.47 Å². The zero-order chi connectivity index (χ0) is 16.4. The number of imide groups is 1. The minimum absolute atomic E-state index is 0.198. The zero-order valence-electron chi connectivity index (χ0n) is 13.3. The van der Waals surface area contributed by atoms with Crippen LogP contribution in [0.5, 0.6) is 0 Å². The molecule has 2 amide bonds. The molecule has 0 bridgehead atoms. The highest BCUT2D eigenvalue weighted by molar-refractivity contribution is 6.02. The van der Waals surface area contributed by atoms with Crippen molar-refractivity contribution in [3.63, 3.8) is 0 Å². The number of rotatable bonds is 3. The molecule has 0 saturated carbocycles. The summed E-state index contributed by atoms with van der Waals surface area (Å²) in [6, 6.07) is -0.956. The summed E-state index contributed by atoms with van der Waals surface area (Å²) in [4.78, 5) is 37.5. The Morgan fingerprint density at radius 2 is 2.05 bits per heavy atom. The molecule has 118 valence electrons. The lowest BCUT2D eigenvalue weighted by Crippen LogP contribution is -2.46. The topological polar surface area (TPSA) is 72.9 Å². The first-order chi connectivity index (χ1) is 9.55. The summed E-state index contributed by atoms with van der Waals surface area (Å²) in [5.74, 6) is -1.06. The molecule has 1 aliphatic rings. The van der Waals surface area contributed by atoms with Gasteiger partial charge in [0, 0.05) is 0 Å². The van der Waals surface area contributed by atoms with Gasteiger partial charge in [0.05, 0.1) is 12.5 Å². The van der Waals surface area contributed by atoms with Crippen LogP contribution in [0.2, 0.25) is 0 Å². The second-order valence-corrected chi connectivity index (χ2v) is 6.45. The number of likely N-dealkylation sites (tertiary alicyclic amines) is 1. The molecule has 0 unspecified atom stereocenters. The van der Waals surface area contributed by atoms with Gasteiger partial charge in [0.15, 0.2) is 0 Å². The summed E-state index contributed by atoms with van der Waals surface area (Å²) in [5.41, 5.74) is -1.60. The fourth-order valence-corrected chi connectivity index (χ4v) is 2.37. The number of hydrogen-bond donors (Lipinski definition) is 0. The number of hydrogen-bond acceptors (Lipinski definition) is 5. The van der Waals surface area contributed by atoms with Gasteiger partial charge in [-0.25, -0.2) is 14.5 Å². The van der Waals surface area contributed by atoms with Gasteiger partial charge in [0.25, 0.3) is 0 Å². The van der Waals surface area contributed by atoms with Gasteiger partial charge in [-0.15, -0.1) is 6.58 Å². The fraction of sp³-hybridized carbons (Fsp3) is 0.667. The van der Waals surface area contributed by atoms with Crippen molar-refractivity contribution < 1.29 is 23.9 Å². The first kappa shape index (κ1) is 17.2. The van der Waals surface area contributed by atoms with Crippen LogP contribution >= 0.6 is 0 Å². The molecule has 1 fully saturated rings. The van der Waals surface area contributed by atoms with E-state index in [2.05, 4.69) is 6.58 Å². The van der Waals surface area contributed by atoms with Gasteiger partial charge >= 0.3 is 12.1 Å². The Morgan fingerprint density at radius 3 is 2.48 bits per heavy atom. The van der Waals surface area contributed by atoms with Crippen LogP contribution in [-0.4, -0.2) is 41.6 Å². The SMILES string of the molecule is C=CC[C@]1(C)C[C@@H](C(=O)OC)N(C(=O)OC(C)(C)C)C1=O. The third-order valence-electron chi connectivity index (χ3n) is 3.35. The maximum absolute atomic E-state index is 12.5. The number of esters is 1. The number of ether oxygens (including phenoxy) is 2. The second-order valence-electron chi connectivity index (χ2n) is 6.45. The zero-order valence-corrected chi connectivity index (χ0v) is 13.3. The fourth-order valence-electron chi connectivity index (χ4n) is 2.37. The number of amides is 2. The Morgan fingerprint density at radius 1 is 1.48 bits per heavy atom. The van der Waals surface area contributed by atoms with E-state index in [9.17, 15) is 14.4 Å². The highest BCUT2D eigenvalue weighted by atomic mass is 16.6. The van der Waals surface area contributed by atoms with Crippen LogP contribution in [-0.2, 0) is 19.1 Å². The standard InChI is InChI=1S/C15H23NO5/c1-7-8-15(5)9-10(11(17)20-6)16(12(15)18)13(19)21-14(2,3)4/h7,10H,1,8-9H2,2-6H3/t10-,15+/m0/s1. The van der Waals surface area contributed by atoms with Crippen molar-refractivity contribution >= 4 is 18.0 Å². The van der Waals surface area contributed by atoms with Crippen molar-refractivity contribution in [3.05, 3.63) is 12.7 Å². The van der Waals surface area contributed by atoms with E-state index >= 15 is 0 Å². The van der Waals surface area contributed by atoms with Crippen LogP contribution in [0.4, 0.5) is 4.79 Å². The third kappa shape index (κ3) is 3.62. The van der Waals surface area contributed by atoms with Crippen molar-refractivity contribution in [2.45, 2.75) is 52.2 Å². The van der Waals surface area contributed by atoms with Gasteiger partial charge in [-0.2, -0.15) is 0 Å². The van der Waals surface area contributed by atoms with Gasteiger partial charge in [-0.3, -0.25) is 4.79 Å². The number of carbonyl (C=O) groups is 3. The Hall–Kier alpha value is -1.85. The normalized spacial score (nSPS) is 25.7. The van der Waals surface area contributed by atoms with E-state index in [0.717, 1.165) is 4.90 Å². The predicted octanol–water partition coefficient (Wildman–Crippen LogP) is 2.28. The van der Waals surface area contributed by atoms with E-state index in [0.29, 0.717) is 6.42 Å². The van der Waals surface area contributed by atoms with E-state index < -0.39 is 35.0 Å². The van der Waals surface area contributed by atoms with Crippen LogP contribution in [0.15, 0.2) is 12.7 Å². The lowest BCUT2D eigenvalue weighted by molar-refractivity contribution is -0.149. The van der Waals surface area contributed by atoms with Crippen LogP contribution < -0.4 is 0 Å². The molecule has 0 spiro atoms. The number of carbonyl (C=O) groups excluding carboxylic acids is 3. The third-order valence-corrected chi connectivity index (χ3v) is 3.35. The molecule has 6 nitrogen and oxygen atoms in total. The lowest BCUT2D eigenvalue weighted by Gasteiger charge is -2.26. The van der Waals surface area contributed by atoms with Gasteiger partial charge in [0.2, 0.25) is 5.91 Å². The molecule has 21 heavy (non-hydrogen) atoms. The molecule has 6 heteroatoms. The summed E-state index contributed by atoms with van der Waals surface area (Å²) in [6.45, 7) is 10.4. The minimum Gasteiger partial charge on any atom is -0.467 e. The second kappa shape index (κ2) is 5.87. The predicted molar refractivity (Wildman–Crippen MR) is 76.4 cm³/mol. The number of allylic oxidation sites excluding steroid dienone is 1. The summed E-state index contributed by atoms with van der Waals surface area (Å²) in [6.07, 6.45) is 1.35. The molecule has 1 heterocycles. The van der Waals surface area contributed by atoms with Crippen LogP contribution in [0.1, 0.15) is 40.5 Å². The molecule has 0 aromatic rings. The van der Waals surface area contributed by atoms with Crippen molar-refractivity contribution in [2.24, 2.45) is 5.41 Å². The number of methoxy groups -OCH3 is 1. The largest absolute Gasteiger partial charge is 0.467 e. The van der Waals surface area contributed by atoms with Crippen molar-refractivity contribution in [1.29, 1.82) is 0 Å². The molecular weight excluding hydrogens is 274 g/mol. The molecule has 1 aliphatic heterocycles. The smallest absolute Gasteiger partial charge is 0.417 e. The maximum atomic E-state index is 12.5. The Kier molecular flexibility index (Phi) is 4.81. The van der Waals surface area contributed by atoms with Gasteiger partial charge in [-0.1, -0.05) is 13.0 Å². The van der Waals surface area contributed by atoms with Gasteiger partial charge in [-0.05, 0) is 33.6 Å². The highest BCUT2D eigenvalue weighted by Crippen LogP contribution is 2.40. The van der Waals surface area contributed by atoms with E-state index in [-0.39, 0.29) is 6.42 Å². The molecule has 0 aromatic carbocycles. The van der Waals surface area contributed by atoms with Crippen molar-refractivity contribution in [2.75, 3.05) is 7.11 Å². The van der Waals surface area contributed by atoms with E-state index in [1.54, 1.807) is 33.8 Å². The molecule has 0 aromatic heterocycles. The molecule has 1 saturated heterocycles. The summed E-state index contributed by atoms with van der Waals surface area (Å²) >= 11 is 0. The van der Waals surface area contributed by atoms with Crippen LogP contribution in [0, 0.1) is 5.41 Å². The van der Waals surface area contributed by atoms with Crippen molar-refractivity contribution in [3.8, 4) is 0 Å². The Bertz CT molecular complexity index is 465. The van der Waals surface area contributed by atoms with E-state index in [1.807, 2.05) is 0 Å². The maximum Gasteiger partial charge on any atom is 0.417 e. The molecule has 1 rings (SSSR count). The van der Waals surface area contributed by atoms with Crippen molar-refractivity contribution in [1.82, 2.24) is 4.90 Å². The minimum atomic E-state index is -0.956. The molecule has 0 radical (unpaired) electrons. The summed E-state index contributed by atoms with van der Waals surface area (Å²) in [5, 5.41) is 0. The first-order valence-electron chi connectivity index (χ1n) is 6.81. The van der Waals surface area contributed by atoms with Gasteiger partial charge in [0.1, 0.15) is 11.6 Å². The molecule has 2 atom stereocenters. The average molecular weight is 297 g/mol. The Balaban J connectivity index is 3.11. The summed E-state index contributed by atoms with van der Waals surface area (Å²) in [7, 11) is 1.23. The molecular formula is C15H23NO5. The Labute approximate surface area is 125 Å². The quantitative estimate of drug-likeness (QED) is 0.590. The van der Waals surface area contributed by atoms with Gasteiger partial charge < -0.3 is 9.47 Å². The molecule has 0 aliphatic carbocycles. The highest BCUT2D eigenvalue weighted by Gasteiger charge is 2.54. The van der Waals surface area contributed by atoms with Crippen LogP contribution in [0.25, 0.3) is 0 Å². The van der Waals surface area contributed by atoms with E-state index in [1.165, 1.54) is 7.11 Å². The monoisotopic (exact) mass is 297 g/mol. The van der Waals surface area contributed by atoms with Crippen LogP contribution in [0.3, 0.4) is 0 Å². The first-order valence-corrected chi connectivity index (χ1v) is 6.81.